The van der Waals surface area contributed by atoms with Crippen molar-refractivity contribution in [3.8, 4) is 11.5 Å². The Bertz CT molecular complexity index is 303. The van der Waals surface area contributed by atoms with Crippen LogP contribution in [0.1, 0.15) is 0 Å². The van der Waals surface area contributed by atoms with Crippen LogP contribution in [0.25, 0.3) is 0 Å². The van der Waals surface area contributed by atoms with Crippen molar-refractivity contribution in [2.75, 3.05) is 13.2 Å². The lowest BCUT2D eigenvalue weighted by Gasteiger charge is -2.18. The highest BCUT2D eigenvalue weighted by atomic mass is 16.6. The zero-order valence-electron chi connectivity index (χ0n) is 7.19. The number of rotatable bonds is 2. The summed E-state index contributed by atoms with van der Waals surface area (Å²) in [5, 5.41) is 0. The molecule has 0 N–H and O–H groups in total. The topological polar surface area (TPSA) is 18.5 Å². The zero-order chi connectivity index (χ0) is 9.10. The van der Waals surface area contributed by atoms with E-state index in [1.165, 1.54) is 7.06 Å². The van der Waals surface area contributed by atoms with Gasteiger partial charge in [-0.15, -0.1) is 0 Å². The maximum Gasteiger partial charge on any atom is 0.161 e. The highest BCUT2D eigenvalue weighted by Gasteiger charge is 2.10. The minimum Gasteiger partial charge on any atom is -0.486 e. The summed E-state index contributed by atoms with van der Waals surface area (Å²) in [6.45, 7) is 1.24. The van der Waals surface area contributed by atoms with E-state index in [9.17, 15) is 0 Å². The molecule has 0 fully saturated rings. The molecule has 13 heavy (non-hydrogen) atoms. The highest BCUT2D eigenvalue weighted by molar-refractivity contribution is 7.27. The number of hydrogen-bond acceptors (Lipinski definition) is 2. The lowest BCUT2D eigenvalue weighted by Crippen LogP contribution is -2.23. The molecule has 2 nitrogen and oxygen atoms in total. The molecule has 1 aromatic carbocycles. The fourth-order valence-electron chi connectivity index (χ4n) is 1.27. The standard InChI is InChI=1S/C8H7B3O2/c9-11-10-6-1-2-7-8(5-6)13-4-3-12-7/h1-2,5H,3-4H2. The SMILES string of the molecule is [B][B][B]c1ccc2c(c1)OCCO2. The predicted octanol–water partition coefficient (Wildman–Crippen LogP) is -0.510. The number of fused-ring (bicyclic) bond motifs is 1. The molecule has 1 aliphatic heterocycles. The smallest absolute Gasteiger partial charge is 0.161 e. The second kappa shape index (κ2) is 3.82. The van der Waals surface area contributed by atoms with Crippen molar-refractivity contribution in [2.45, 2.75) is 0 Å². The van der Waals surface area contributed by atoms with Crippen LogP contribution in [0, 0.1) is 0 Å². The van der Waals surface area contributed by atoms with Gasteiger partial charge in [-0.3, -0.25) is 0 Å². The third-order valence-corrected chi connectivity index (χ3v) is 1.85. The Hall–Kier alpha value is -0.985. The molecule has 0 amide bonds. The van der Waals surface area contributed by atoms with Gasteiger partial charge in [0.1, 0.15) is 13.2 Å². The number of hydrogen-bond donors (Lipinski definition) is 0. The van der Waals surface area contributed by atoms with Crippen molar-refractivity contribution in [2.24, 2.45) is 0 Å². The molecule has 1 aliphatic rings. The van der Waals surface area contributed by atoms with Crippen LogP contribution in [0.3, 0.4) is 0 Å². The van der Waals surface area contributed by atoms with E-state index in [1.54, 1.807) is 0 Å². The maximum atomic E-state index is 5.41. The number of ether oxygens (including phenoxy) is 2. The Kier molecular flexibility index (Phi) is 2.53. The third kappa shape index (κ3) is 1.85. The molecular formula is C8H7B3O2. The van der Waals surface area contributed by atoms with Crippen LogP contribution in [-0.2, 0) is 0 Å². The van der Waals surface area contributed by atoms with Crippen LogP contribution >= 0.6 is 0 Å². The molecule has 1 heterocycles. The van der Waals surface area contributed by atoms with Gasteiger partial charge in [0.25, 0.3) is 0 Å². The van der Waals surface area contributed by atoms with Gasteiger partial charge in [-0.1, -0.05) is 11.5 Å². The molecular weight excluding hydrogens is 161 g/mol. The van der Waals surface area contributed by atoms with Gasteiger partial charge in [-0.05, 0) is 12.1 Å². The zero-order valence-corrected chi connectivity index (χ0v) is 7.19. The highest BCUT2D eigenvalue weighted by Crippen LogP contribution is 2.27. The van der Waals surface area contributed by atoms with E-state index < -0.39 is 0 Å². The first-order valence-electron chi connectivity index (χ1n) is 4.18. The fraction of sp³-hybridized carbons (Fsp3) is 0.250. The third-order valence-electron chi connectivity index (χ3n) is 1.85. The van der Waals surface area contributed by atoms with Crippen LogP contribution in [0.2, 0.25) is 0 Å². The van der Waals surface area contributed by atoms with Gasteiger partial charge in [0.15, 0.2) is 11.5 Å². The number of benzene rings is 1. The summed E-state index contributed by atoms with van der Waals surface area (Å²) in [5.41, 5.74) is 1.02. The Morgan fingerprint density at radius 1 is 1.15 bits per heavy atom. The van der Waals surface area contributed by atoms with Crippen molar-refractivity contribution in [3.63, 3.8) is 0 Å². The van der Waals surface area contributed by atoms with E-state index in [-0.39, 0.29) is 0 Å². The second-order valence-electron chi connectivity index (χ2n) is 2.76. The summed E-state index contributed by atoms with van der Waals surface area (Å²) in [6, 6.07) is 5.75. The van der Waals surface area contributed by atoms with Crippen LogP contribution in [0.4, 0.5) is 0 Å². The van der Waals surface area contributed by atoms with Gasteiger partial charge in [0, 0.05) is 14.8 Å². The van der Waals surface area contributed by atoms with Crippen LogP contribution in [0.15, 0.2) is 18.2 Å². The molecule has 4 radical (unpaired) electrons. The molecule has 5 heteroatoms. The van der Waals surface area contributed by atoms with Gasteiger partial charge in [-0.2, -0.15) is 0 Å². The van der Waals surface area contributed by atoms with Gasteiger partial charge in [-0.25, -0.2) is 0 Å². The molecule has 0 saturated carbocycles. The summed E-state index contributed by atoms with van der Waals surface area (Å²) in [4.78, 5) is 0. The van der Waals surface area contributed by atoms with Crippen molar-refractivity contribution in [1.29, 1.82) is 0 Å². The van der Waals surface area contributed by atoms with Crippen molar-refractivity contribution < 1.29 is 9.47 Å². The second-order valence-corrected chi connectivity index (χ2v) is 2.76. The molecule has 0 aliphatic carbocycles. The van der Waals surface area contributed by atoms with Crippen LogP contribution < -0.4 is 14.9 Å². The minimum absolute atomic E-state index is 0.614. The molecule has 60 valence electrons. The van der Waals surface area contributed by atoms with Crippen molar-refractivity contribution in [3.05, 3.63) is 18.2 Å². The van der Waals surface area contributed by atoms with Gasteiger partial charge in [0.05, 0.1) is 7.17 Å². The molecule has 0 spiro atoms. The average molecular weight is 168 g/mol. The van der Waals surface area contributed by atoms with Gasteiger partial charge in [0.2, 0.25) is 0 Å². The first-order chi connectivity index (χ1) is 6.40. The predicted molar refractivity (Wildman–Crippen MR) is 54.3 cm³/mol. The Morgan fingerprint density at radius 3 is 2.69 bits per heavy atom. The fourth-order valence-corrected chi connectivity index (χ4v) is 1.27. The maximum absolute atomic E-state index is 5.41. The minimum atomic E-state index is 0.614. The quantitative estimate of drug-likeness (QED) is 0.553. The summed E-state index contributed by atoms with van der Waals surface area (Å²) in [7, 11) is 8.61. The van der Waals surface area contributed by atoms with E-state index in [4.69, 9.17) is 17.2 Å². The van der Waals surface area contributed by atoms with Crippen molar-refractivity contribution in [1.82, 2.24) is 0 Å². The molecule has 0 aromatic heterocycles. The average Bonchev–Trinajstić information content (AvgIpc) is 2.18. The molecule has 0 saturated heterocycles. The molecule has 1 aromatic rings. The Labute approximate surface area is 80.5 Å². The molecule has 0 unspecified atom stereocenters. The monoisotopic (exact) mass is 168 g/mol. The van der Waals surface area contributed by atoms with Crippen molar-refractivity contribution >= 4 is 27.4 Å². The van der Waals surface area contributed by atoms with Gasteiger partial charge < -0.3 is 9.47 Å². The summed E-state index contributed by atoms with van der Waals surface area (Å²) >= 11 is 0. The first kappa shape index (κ1) is 8.61. The lowest BCUT2D eigenvalue weighted by atomic mass is 9.26. The normalized spacial score (nSPS) is 13.5. The molecule has 2 rings (SSSR count). The first-order valence-corrected chi connectivity index (χ1v) is 4.18. The lowest BCUT2D eigenvalue weighted by molar-refractivity contribution is 0.172. The summed E-state index contributed by atoms with van der Waals surface area (Å²) < 4.78 is 10.8. The summed E-state index contributed by atoms with van der Waals surface area (Å²) in [5.74, 6) is 1.60. The van der Waals surface area contributed by atoms with Crippen LogP contribution in [0.5, 0.6) is 11.5 Å². The van der Waals surface area contributed by atoms with E-state index in [2.05, 4.69) is 0 Å². The van der Waals surface area contributed by atoms with E-state index in [0.29, 0.717) is 13.2 Å². The summed E-state index contributed by atoms with van der Waals surface area (Å²) in [6.07, 6.45) is 0. The Balaban J connectivity index is 2.24. The van der Waals surface area contributed by atoms with Crippen LogP contribution in [-0.4, -0.2) is 35.2 Å². The van der Waals surface area contributed by atoms with E-state index in [0.717, 1.165) is 17.0 Å². The van der Waals surface area contributed by atoms with E-state index >= 15 is 0 Å². The Morgan fingerprint density at radius 2 is 1.92 bits per heavy atom. The largest absolute Gasteiger partial charge is 0.486 e. The molecule has 0 bridgehead atoms. The van der Waals surface area contributed by atoms with Gasteiger partial charge >= 0.3 is 0 Å². The van der Waals surface area contributed by atoms with E-state index in [1.807, 2.05) is 25.4 Å². The molecule has 0 atom stereocenters.